The summed E-state index contributed by atoms with van der Waals surface area (Å²) in [6.45, 7) is 0. The van der Waals surface area contributed by atoms with Crippen LogP contribution in [0.25, 0.3) is 5.65 Å². The fraction of sp³-hybridized carbons (Fsp3) is 0. The molecule has 0 bridgehead atoms. The highest BCUT2D eigenvalue weighted by molar-refractivity contribution is 5.53. The minimum absolute atomic E-state index is 0.496. The van der Waals surface area contributed by atoms with Crippen LogP contribution in [0.5, 0.6) is 11.6 Å². The van der Waals surface area contributed by atoms with E-state index in [-0.39, 0.29) is 0 Å². The van der Waals surface area contributed by atoms with Crippen molar-refractivity contribution >= 4 is 11.3 Å². The number of nitrogens with zero attached hydrogens (tertiary/aromatic N) is 3. The predicted molar refractivity (Wildman–Crippen MR) is 63.9 cm³/mol. The first kappa shape index (κ1) is 9.65. The summed E-state index contributed by atoms with van der Waals surface area (Å²) in [4.78, 5) is 4.29. The van der Waals surface area contributed by atoms with Gasteiger partial charge in [-0.05, 0) is 12.1 Å². The topological polar surface area (TPSA) is 65.4 Å². The second-order valence-corrected chi connectivity index (χ2v) is 3.54. The normalized spacial score (nSPS) is 10.6. The molecule has 3 aromatic rings. The summed E-state index contributed by atoms with van der Waals surface area (Å²) in [5, 5.41) is 4.06. The lowest BCUT2D eigenvalue weighted by molar-refractivity contribution is 0.465. The molecule has 84 valence electrons. The summed E-state index contributed by atoms with van der Waals surface area (Å²) in [6.07, 6.45) is 3.47. The lowest BCUT2D eigenvalue weighted by atomic mass is 10.3. The lowest BCUT2D eigenvalue weighted by Crippen LogP contribution is -1.95. The molecule has 5 heteroatoms. The molecule has 2 N–H and O–H groups in total. The van der Waals surface area contributed by atoms with Crippen molar-refractivity contribution in [3.63, 3.8) is 0 Å². The molecule has 2 heterocycles. The molecule has 0 amide bonds. The first-order valence-corrected chi connectivity index (χ1v) is 5.16. The number of rotatable bonds is 2. The van der Waals surface area contributed by atoms with Gasteiger partial charge in [-0.25, -0.2) is 4.52 Å². The maximum Gasteiger partial charge on any atom is 0.222 e. The third-order valence-electron chi connectivity index (χ3n) is 2.37. The maximum absolute atomic E-state index is 5.79. The number of para-hydroxylation sites is 2. The van der Waals surface area contributed by atoms with E-state index in [2.05, 4.69) is 10.1 Å². The zero-order valence-electron chi connectivity index (χ0n) is 8.95. The number of nitrogens with two attached hydrogens (primary N) is 1. The zero-order chi connectivity index (χ0) is 11.7. The van der Waals surface area contributed by atoms with E-state index in [0.717, 1.165) is 5.65 Å². The fourth-order valence-corrected chi connectivity index (χ4v) is 1.54. The van der Waals surface area contributed by atoms with Crippen molar-refractivity contribution in [3.8, 4) is 11.6 Å². The molecule has 0 atom stereocenters. The number of fused-ring (bicyclic) bond motifs is 1. The predicted octanol–water partition coefficient (Wildman–Crippen LogP) is 2.10. The molecule has 0 aliphatic heterocycles. The van der Waals surface area contributed by atoms with Gasteiger partial charge < -0.3 is 10.5 Å². The summed E-state index contributed by atoms with van der Waals surface area (Å²) in [6, 6.07) is 10.9. The molecular formula is C12H10N4O. The summed E-state index contributed by atoms with van der Waals surface area (Å²) >= 11 is 0. The van der Waals surface area contributed by atoms with E-state index in [9.17, 15) is 0 Å². The van der Waals surface area contributed by atoms with Gasteiger partial charge in [0.25, 0.3) is 0 Å². The van der Waals surface area contributed by atoms with E-state index in [1.54, 1.807) is 41.2 Å². The SMILES string of the molecule is Nc1ccccc1Oc1ccn2nccc2n1. The number of benzene rings is 1. The Morgan fingerprint density at radius 3 is 2.88 bits per heavy atom. The van der Waals surface area contributed by atoms with Crippen molar-refractivity contribution in [2.75, 3.05) is 5.73 Å². The van der Waals surface area contributed by atoms with E-state index in [4.69, 9.17) is 10.5 Å². The van der Waals surface area contributed by atoms with Crippen molar-refractivity contribution < 1.29 is 4.74 Å². The average Bonchev–Trinajstić information content (AvgIpc) is 2.79. The van der Waals surface area contributed by atoms with E-state index in [1.165, 1.54) is 0 Å². The van der Waals surface area contributed by atoms with Gasteiger partial charge in [-0.2, -0.15) is 10.1 Å². The Bertz CT molecular complexity index is 662. The number of ether oxygens (including phenoxy) is 1. The molecule has 2 aromatic heterocycles. The molecule has 0 saturated carbocycles. The molecule has 0 spiro atoms. The van der Waals surface area contributed by atoms with Crippen molar-refractivity contribution in [2.24, 2.45) is 0 Å². The van der Waals surface area contributed by atoms with Crippen LogP contribution in [0.4, 0.5) is 5.69 Å². The Labute approximate surface area is 97.5 Å². The molecule has 5 nitrogen and oxygen atoms in total. The fourth-order valence-electron chi connectivity index (χ4n) is 1.54. The van der Waals surface area contributed by atoms with Gasteiger partial charge in [-0.15, -0.1) is 0 Å². The standard InChI is InChI=1S/C12H10N4O/c13-9-3-1-2-4-10(9)17-12-6-8-16-11(15-12)5-7-14-16/h1-8H,13H2. The van der Waals surface area contributed by atoms with Crippen LogP contribution in [-0.4, -0.2) is 14.6 Å². The zero-order valence-corrected chi connectivity index (χ0v) is 8.95. The second kappa shape index (κ2) is 3.79. The number of anilines is 1. The molecule has 17 heavy (non-hydrogen) atoms. The van der Waals surface area contributed by atoms with Gasteiger partial charge in [0.05, 0.1) is 11.9 Å². The molecule has 0 unspecified atom stereocenters. The van der Waals surface area contributed by atoms with Gasteiger partial charge in [-0.1, -0.05) is 12.1 Å². The van der Waals surface area contributed by atoms with E-state index >= 15 is 0 Å². The van der Waals surface area contributed by atoms with E-state index in [0.29, 0.717) is 17.3 Å². The van der Waals surface area contributed by atoms with Crippen LogP contribution in [0, 0.1) is 0 Å². The number of hydrogen-bond acceptors (Lipinski definition) is 4. The summed E-state index contributed by atoms with van der Waals surface area (Å²) in [7, 11) is 0. The van der Waals surface area contributed by atoms with Crippen LogP contribution < -0.4 is 10.5 Å². The maximum atomic E-state index is 5.79. The van der Waals surface area contributed by atoms with Crippen molar-refractivity contribution in [1.82, 2.24) is 14.6 Å². The molecule has 0 radical (unpaired) electrons. The second-order valence-electron chi connectivity index (χ2n) is 3.54. The van der Waals surface area contributed by atoms with Gasteiger partial charge in [-0.3, -0.25) is 0 Å². The average molecular weight is 226 g/mol. The van der Waals surface area contributed by atoms with Crippen LogP contribution in [-0.2, 0) is 0 Å². The Kier molecular flexibility index (Phi) is 2.15. The smallest absolute Gasteiger partial charge is 0.222 e. The molecule has 0 aliphatic rings. The lowest BCUT2D eigenvalue weighted by Gasteiger charge is -2.06. The third kappa shape index (κ3) is 1.78. The van der Waals surface area contributed by atoms with Crippen molar-refractivity contribution in [1.29, 1.82) is 0 Å². The van der Waals surface area contributed by atoms with E-state index in [1.807, 2.05) is 12.1 Å². The van der Waals surface area contributed by atoms with Crippen molar-refractivity contribution in [3.05, 3.63) is 48.8 Å². The Balaban J connectivity index is 1.97. The first-order valence-electron chi connectivity index (χ1n) is 5.16. The van der Waals surface area contributed by atoms with Crippen LogP contribution in [0.15, 0.2) is 48.8 Å². The molecule has 1 aromatic carbocycles. The monoisotopic (exact) mass is 226 g/mol. The van der Waals surface area contributed by atoms with Crippen LogP contribution in [0.1, 0.15) is 0 Å². The quantitative estimate of drug-likeness (QED) is 0.679. The highest BCUT2D eigenvalue weighted by Crippen LogP contribution is 2.25. The minimum Gasteiger partial charge on any atom is -0.437 e. The van der Waals surface area contributed by atoms with Crippen LogP contribution in [0.3, 0.4) is 0 Å². The molecule has 0 aliphatic carbocycles. The Morgan fingerprint density at radius 2 is 2.00 bits per heavy atom. The largest absolute Gasteiger partial charge is 0.437 e. The highest BCUT2D eigenvalue weighted by atomic mass is 16.5. The number of hydrogen-bond donors (Lipinski definition) is 1. The van der Waals surface area contributed by atoms with Crippen molar-refractivity contribution in [2.45, 2.75) is 0 Å². The number of aromatic nitrogens is 3. The minimum atomic E-state index is 0.496. The third-order valence-corrected chi connectivity index (χ3v) is 2.37. The molecular weight excluding hydrogens is 216 g/mol. The van der Waals surface area contributed by atoms with Gasteiger partial charge >= 0.3 is 0 Å². The van der Waals surface area contributed by atoms with Crippen LogP contribution in [0.2, 0.25) is 0 Å². The van der Waals surface area contributed by atoms with Gasteiger partial charge in [0.1, 0.15) is 0 Å². The highest BCUT2D eigenvalue weighted by Gasteiger charge is 2.03. The number of nitrogen functional groups attached to an aromatic ring is 1. The molecule has 0 saturated heterocycles. The van der Waals surface area contributed by atoms with Gasteiger partial charge in [0.15, 0.2) is 11.4 Å². The van der Waals surface area contributed by atoms with Gasteiger partial charge in [0.2, 0.25) is 5.88 Å². The van der Waals surface area contributed by atoms with Crippen LogP contribution >= 0.6 is 0 Å². The molecule has 3 rings (SSSR count). The Hall–Kier alpha value is -2.56. The van der Waals surface area contributed by atoms with E-state index < -0.39 is 0 Å². The Morgan fingerprint density at radius 1 is 1.12 bits per heavy atom. The van der Waals surface area contributed by atoms with Gasteiger partial charge in [0, 0.05) is 18.3 Å². The molecule has 0 fully saturated rings. The summed E-state index contributed by atoms with van der Waals surface area (Å²) in [5.74, 6) is 1.10. The summed E-state index contributed by atoms with van der Waals surface area (Å²) < 4.78 is 7.28. The first-order chi connectivity index (χ1) is 8.33. The summed E-state index contributed by atoms with van der Waals surface area (Å²) in [5.41, 5.74) is 7.11.